The molecule has 3 aromatic rings. The van der Waals surface area contributed by atoms with Gasteiger partial charge in [0.1, 0.15) is 12.6 Å². The van der Waals surface area contributed by atoms with E-state index in [4.69, 9.17) is 23.2 Å². The normalized spacial score (nSPS) is 12.1. The Morgan fingerprint density at radius 2 is 1.52 bits per heavy atom. The summed E-state index contributed by atoms with van der Waals surface area (Å²) in [6.07, 6.45) is 2.00. The second-order valence-corrected chi connectivity index (χ2v) is 13.1. The first kappa shape index (κ1) is 33.4. The van der Waals surface area contributed by atoms with Crippen molar-refractivity contribution in [1.82, 2.24) is 10.2 Å². The van der Waals surface area contributed by atoms with Crippen LogP contribution in [0.15, 0.2) is 65.6 Å². The monoisotopic (exact) mass is 631 g/mol. The van der Waals surface area contributed by atoms with Gasteiger partial charge in [0, 0.05) is 28.7 Å². The average molecular weight is 633 g/mol. The molecule has 0 unspecified atom stereocenters. The summed E-state index contributed by atoms with van der Waals surface area (Å²) in [7, 11) is -4.16. The van der Waals surface area contributed by atoms with Crippen LogP contribution in [0.1, 0.15) is 55.4 Å². The number of hydrogen-bond acceptors (Lipinski definition) is 4. The molecule has 0 aliphatic heterocycles. The van der Waals surface area contributed by atoms with Crippen LogP contribution in [0.3, 0.4) is 0 Å². The Morgan fingerprint density at radius 3 is 2.10 bits per heavy atom. The quantitative estimate of drug-likeness (QED) is 0.209. The van der Waals surface area contributed by atoms with Gasteiger partial charge in [-0.25, -0.2) is 8.42 Å². The number of amides is 2. The SMILES string of the molecule is CCCCNC(=O)[C@H](CC)N(Cc1c(Cl)cccc1Cl)C(=O)CN(c1ccc(C)cc1C)S(=O)(=O)c1ccc(C)cc1. The van der Waals surface area contributed by atoms with Gasteiger partial charge in [0.05, 0.1) is 10.6 Å². The fourth-order valence-corrected chi connectivity index (χ4v) is 6.71. The average Bonchev–Trinajstić information content (AvgIpc) is 2.93. The maximum atomic E-state index is 14.3. The minimum Gasteiger partial charge on any atom is -0.354 e. The molecule has 0 aliphatic carbocycles. The van der Waals surface area contributed by atoms with Crippen molar-refractivity contribution in [2.24, 2.45) is 0 Å². The topological polar surface area (TPSA) is 86.8 Å². The molecule has 3 rings (SSSR count). The lowest BCUT2D eigenvalue weighted by Gasteiger charge is -2.34. The molecule has 42 heavy (non-hydrogen) atoms. The molecular weight excluding hydrogens is 593 g/mol. The number of anilines is 1. The summed E-state index contributed by atoms with van der Waals surface area (Å²) in [5.41, 5.74) is 3.42. The minimum atomic E-state index is -4.16. The Morgan fingerprint density at radius 1 is 0.905 bits per heavy atom. The van der Waals surface area contributed by atoms with E-state index in [9.17, 15) is 18.0 Å². The van der Waals surface area contributed by atoms with Crippen LogP contribution in [0.5, 0.6) is 0 Å². The molecule has 226 valence electrons. The highest BCUT2D eigenvalue weighted by molar-refractivity contribution is 7.92. The summed E-state index contributed by atoms with van der Waals surface area (Å²) in [5.74, 6) is -0.874. The van der Waals surface area contributed by atoms with Crippen LogP contribution in [0, 0.1) is 20.8 Å². The summed E-state index contributed by atoms with van der Waals surface area (Å²) < 4.78 is 29.3. The molecule has 0 fully saturated rings. The first-order valence-corrected chi connectivity index (χ1v) is 16.3. The third-order valence-corrected chi connectivity index (χ3v) is 9.60. The van der Waals surface area contributed by atoms with Crippen LogP contribution in [0.25, 0.3) is 0 Å². The predicted molar refractivity (Wildman–Crippen MR) is 171 cm³/mol. The smallest absolute Gasteiger partial charge is 0.264 e. The molecule has 0 radical (unpaired) electrons. The van der Waals surface area contributed by atoms with E-state index in [1.54, 1.807) is 36.4 Å². The number of carbonyl (C=O) groups is 2. The van der Waals surface area contributed by atoms with Crippen molar-refractivity contribution >= 4 is 50.7 Å². The van der Waals surface area contributed by atoms with Crippen LogP contribution >= 0.6 is 23.2 Å². The minimum absolute atomic E-state index is 0.0610. The van der Waals surface area contributed by atoms with Crippen molar-refractivity contribution in [1.29, 1.82) is 0 Å². The van der Waals surface area contributed by atoms with Crippen LogP contribution in [0.2, 0.25) is 10.0 Å². The predicted octanol–water partition coefficient (Wildman–Crippen LogP) is 6.84. The molecule has 1 atom stereocenters. The third kappa shape index (κ3) is 8.06. The summed E-state index contributed by atoms with van der Waals surface area (Å²) >= 11 is 13.0. The standard InChI is InChI=1S/C32H39Cl2N3O4S/c1-6-8-18-35-32(39)29(7-2)36(20-26-27(33)10-9-11-28(26)34)31(38)21-37(30-17-14-23(4)19-24(30)5)42(40,41)25-15-12-22(3)13-16-25/h9-17,19,29H,6-8,18,20-21H2,1-5H3,(H,35,39)/t29-/m0/s1. The number of rotatable bonds is 13. The van der Waals surface area contributed by atoms with Gasteiger partial charge in [0.25, 0.3) is 10.0 Å². The fraction of sp³-hybridized carbons (Fsp3) is 0.375. The molecule has 3 aromatic carbocycles. The highest BCUT2D eigenvalue weighted by Crippen LogP contribution is 2.30. The van der Waals surface area contributed by atoms with E-state index in [0.717, 1.165) is 28.3 Å². The molecule has 10 heteroatoms. The Labute approximate surface area is 259 Å². The first-order chi connectivity index (χ1) is 19.9. The summed E-state index contributed by atoms with van der Waals surface area (Å²) in [6, 6.07) is 16.0. The number of sulfonamides is 1. The van der Waals surface area contributed by atoms with Crippen molar-refractivity contribution in [2.45, 2.75) is 71.4 Å². The van der Waals surface area contributed by atoms with Gasteiger partial charge in [-0.05, 0) is 69.5 Å². The van der Waals surface area contributed by atoms with E-state index in [1.807, 2.05) is 46.8 Å². The third-order valence-electron chi connectivity index (χ3n) is 7.11. The summed E-state index contributed by atoms with van der Waals surface area (Å²) in [6.45, 7) is 9.30. The second kappa shape index (κ2) is 14.9. The maximum absolute atomic E-state index is 14.3. The van der Waals surface area contributed by atoms with Gasteiger partial charge in [0.15, 0.2) is 0 Å². The summed E-state index contributed by atoms with van der Waals surface area (Å²) in [4.78, 5) is 29.0. The number of nitrogens with zero attached hydrogens (tertiary/aromatic N) is 2. The van der Waals surface area contributed by atoms with Crippen molar-refractivity contribution in [3.63, 3.8) is 0 Å². The Kier molecular flexibility index (Phi) is 11.9. The second-order valence-electron chi connectivity index (χ2n) is 10.4. The van der Waals surface area contributed by atoms with Crippen LogP contribution < -0.4 is 9.62 Å². The molecule has 0 heterocycles. The Hall–Kier alpha value is -3.07. The van der Waals surface area contributed by atoms with Gasteiger partial charge in [-0.3, -0.25) is 13.9 Å². The van der Waals surface area contributed by atoms with Gasteiger partial charge in [-0.2, -0.15) is 0 Å². The van der Waals surface area contributed by atoms with Crippen molar-refractivity contribution in [2.75, 3.05) is 17.4 Å². The largest absolute Gasteiger partial charge is 0.354 e. The molecule has 0 bridgehead atoms. The van der Waals surface area contributed by atoms with Crippen LogP contribution in [0.4, 0.5) is 5.69 Å². The lowest BCUT2D eigenvalue weighted by molar-refractivity contribution is -0.140. The van der Waals surface area contributed by atoms with Gasteiger partial charge >= 0.3 is 0 Å². The highest BCUT2D eigenvalue weighted by Gasteiger charge is 2.34. The van der Waals surface area contributed by atoms with Gasteiger partial charge < -0.3 is 10.2 Å². The number of hydrogen-bond donors (Lipinski definition) is 1. The van der Waals surface area contributed by atoms with Gasteiger partial charge in [-0.1, -0.05) is 84.9 Å². The number of nitrogens with one attached hydrogen (secondary N) is 1. The zero-order valence-corrected chi connectivity index (χ0v) is 27.1. The first-order valence-electron chi connectivity index (χ1n) is 14.1. The molecule has 1 N–H and O–H groups in total. The number of aryl methyl sites for hydroxylation is 3. The van der Waals surface area contributed by atoms with E-state index in [0.29, 0.717) is 39.8 Å². The molecule has 7 nitrogen and oxygen atoms in total. The maximum Gasteiger partial charge on any atom is 0.264 e. The Balaban J connectivity index is 2.11. The number of unbranched alkanes of at least 4 members (excludes halogenated alkanes) is 1. The number of carbonyl (C=O) groups excluding carboxylic acids is 2. The highest BCUT2D eigenvalue weighted by atomic mass is 35.5. The van der Waals surface area contributed by atoms with Crippen molar-refractivity contribution in [3.8, 4) is 0 Å². The number of halogens is 2. The lowest BCUT2D eigenvalue weighted by atomic mass is 10.1. The van der Waals surface area contributed by atoms with E-state index in [2.05, 4.69) is 5.32 Å². The van der Waals surface area contributed by atoms with Crippen LogP contribution in [-0.2, 0) is 26.2 Å². The molecule has 0 aromatic heterocycles. The van der Waals surface area contributed by atoms with E-state index < -0.39 is 28.5 Å². The Bertz CT molecular complexity index is 1490. The molecule has 2 amide bonds. The van der Waals surface area contributed by atoms with Crippen molar-refractivity contribution in [3.05, 3.63) is 93.0 Å². The molecule has 0 saturated carbocycles. The van der Waals surface area contributed by atoms with E-state index in [1.165, 1.54) is 17.0 Å². The number of benzene rings is 3. The fourth-order valence-electron chi connectivity index (χ4n) is 4.72. The van der Waals surface area contributed by atoms with Gasteiger partial charge in [-0.15, -0.1) is 0 Å². The zero-order chi connectivity index (χ0) is 31.0. The van der Waals surface area contributed by atoms with Gasteiger partial charge in [0.2, 0.25) is 11.8 Å². The molecule has 0 aliphatic rings. The summed E-state index contributed by atoms with van der Waals surface area (Å²) in [5, 5.41) is 3.61. The van der Waals surface area contributed by atoms with Crippen LogP contribution in [-0.4, -0.2) is 44.3 Å². The van der Waals surface area contributed by atoms with E-state index >= 15 is 0 Å². The zero-order valence-electron chi connectivity index (χ0n) is 24.8. The molecular formula is C32H39Cl2N3O4S. The lowest BCUT2D eigenvalue weighted by Crippen LogP contribution is -2.52. The molecule has 0 spiro atoms. The van der Waals surface area contributed by atoms with E-state index in [-0.39, 0.29) is 17.3 Å². The molecule has 0 saturated heterocycles. The van der Waals surface area contributed by atoms with Crippen molar-refractivity contribution < 1.29 is 18.0 Å².